The molecule has 14 heavy (non-hydrogen) atoms. The summed E-state index contributed by atoms with van der Waals surface area (Å²) in [6.45, 7) is 2.12. The van der Waals surface area contributed by atoms with Crippen LogP contribution in [0.3, 0.4) is 0 Å². The highest BCUT2D eigenvalue weighted by atomic mass is 16.5. The van der Waals surface area contributed by atoms with Gasteiger partial charge in [-0.1, -0.05) is 0 Å². The van der Waals surface area contributed by atoms with E-state index < -0.39 is 6.04 Å². The first-order valence-corrected chi connectivity index (χ1v) is 4.52. The maximum atomic E-state index is 11.2. The molecule has 1 atom stereocenters. The molecule has 0 saturated carbocycles. The fourth-order valence-electron chi connectivity index (χ4n) is 1.14. The second-order valence-electron chi connectivity index (χ2n) is 3.06. The van der Waals surface area contributed by atoms with Crippen molar-refractivity contribution in [2.75, 3.05) is 6.61 Å². The zero-order chi connectivity index (χ0) is 10.6. The van der Waals surface area contributed by atoms with Gasteiger partial charge < -0.3 is 15.0 Å². The van der Waals surface area contributed by atoms with Crippen molar-refractivity contribution in [1.82, 2.24) is 9.55 Å². The Morgan fingerprint density at radius 3 is 3.00 bits per heavy atom. The van der Waals surface area contributed by atoms with E-state index in [1.54, 1.807) is 19.4 Å². The molecule has 0 aliphatic heterocycles. The predicted octanol–water partition coefficient (Wildman–Crippen LogP) is -0.147. The normalized spacial score (nSPS) is 12.5. The zero-order valence-corrected chi connectivity index (χ0v) is 8.43. The number of esters is 1. The molecule has 5 nitrogen and oxygen atoms in total. The highest BCUT2D eigenvalue weighted by molar-refractivity contribution is 5.75. The van der Waals surface area contributed by atoms with E-state index in [4.69, 9.17) is 10.5 Å². The molecule has 0 bridgehead atoms. The van der Waals surface area contributed by atoms with Crippen LogP contribution in [0.4, 0.5) is 0 Å². The Balaban J connectivity index is 2.52. The lowest BCUT2D eigenvalue weighted by Gasteiger charge is -2.10. The molecule has 78 valence electrons. The summed E-state index contributed by atoms with van der Waals surface area (Å²) >= 11 is 0. The van der Waals surface area contributed by atoms with Gasteiger partial charge in [0.2, 0.25) is 0 Å². The summed E-state index contributed by atoms with van der Waals surface area (Å²) in [5.74, 6) is -0.367. The minimum atomic E-state index is -0.606. The summed E-state index contributed by atoms with van der Waals surface area (Å²) in [5, 5.41) is 0. The van der Waals surface area contributed by atoms with Crippen LogP contribution in [-0.4, -0.2) is 28.2 Å². The molecule has 0 spiro atoms. The van der Waals surface area contributed by atoms with Crippen LogP contribution >= 0.6 is 0 Å². The average Bonchev–Trinajstić information content (AvgIpc) is 2.52. The van der Waals surface area contributed by atoms with Crippen molar-refractivity contribution in [2.24, 2.45) is 12.8 Å². The molecule has 0 unspecified atom stereocenters. The Morgan fingerprint density at radius 1 is 1.79 bits per heavy atom. The second kappa shape index (κ2) is 4.76. The molecule has 2 N–H and O–H groups in total. The Bertz CT molecular complexity index is 309. The number of carbonyl (C=O) groups is 1. The average molecular weight is 197 g/mol. The standard InChI is InChI=1S/C9H15N3O2/c1-3-14-9(13)8(10)4-7-5-11-6-12(7)2/h5-6,8H,3-4,10H2,1-2H3/t8-/m0/s1. The first kappa shape index (κ1) is 10.7. The summed E-state index contributed by atoms with van der Waals surface area (Å²) in [7, 11) is 1.86. The predicted molar refractivity (Wildman–Crippen MR) is 51.5 cm³/mol. The second-order valence-corrected chi connectivity index (χ2v) is 3.06. The summed E-state index contributed by atoms with van der Waals surface area (Å²) in [6, 6.07) is -0.606. The van der Waals surface area contributed by atoms with E-state index in [2.05, 4.69) is 4.98 Å². The molecule has 1 rings (SSSR count). The molecule has 1 aromatic rings. The highest BCUT2D eigenvalue weighted by Crippen LogP contribution is 2.01. The van der Waals surface area contributed by atoms with Crippen molar-refractivity contribution >= 4 is 5.97 Å². The number of hydrogen-bond donors (Lipinski definition) is 1. The van der Waals surface area contributed by atoms with Crippen LogP contribution in [-0.2, 0) is 23.0 Å². The topological polar surface area (TPSA) is 70.1 Å². The summed E-state index contributed by atoms with van der Waals surface area (Å²) in [6.07, 6.45) is 3.82. The molecule has 0 aliphatic carbocycles. The summed E-state index contributed by atoms with van der Waals surface area (Å²) < 4.78 is 6.63. The smallest absolute Gasteiger partial charge is 0.323 e. The van der Waals surface area contributed by atoms with E-state index in [1.165, 1.54) is 0 Å². The maximum absolute atomic E-state index is 11.2. The number of hydrogen-bond acceptors (Lipinski definition) is 4. The molecule has 0 radical (unpaired) electrons. The quantitative estimate of drug-likeness (QED) is 0.682. The molecule has 0 saturated heterocycles. The van der Waals surface area contributed by atoms with Crippen molar-refractivity contribution in [1.29, 1.82) is 0 Å². The summed E-state index contributed by atoms with van der Waals surface area (Å²) in [4.78, 5) is 15.1. The first-order valence-electron chi connectivity index (χ1n) is 4.52. The van der Waals surface area contributed by atoms with Gasteiger partial charge in [0.25, 0.3) is 0 Å². The number of rotatable bonds is 4. The number of imidazole rings is 1. The minimum absolute atomic E-state index is 0.359. The third-order valence-electron chi connectivity index (χ3n) is 1.93. The third kappa shape index (κ3) is 2.56. The number of ether oxygens (including phenoxy) is 1. The maximum Gasteiger partial charge on any atom is 0.323 e. The van der Waals surface area contributed by atoms with Gasteiger partial charge in [0.1, 0.15) is 6.04 Å². The number of nitrogens with zero attached hydrogens (tertiary/aromatic N) is 2. The molecule has 0 amide bonds. The SMILES string of the molecule is CCOC(=O)[C@@H](N)Cc1cncn1C. The van der Waals surface area contributed by atoms with Crippen LogP contribution in [0.25, 0.3) is 0 Å². The molecule has 0 aromatic carbocycles. The van der Waals surface area contributed by atoms with Crippen molar-refractivity contribution in [3.05, 3.63) is 18.2 Å². The van der Waals surface area contributed by atoms with Gasteiger partial charge >= 0.3 is 5.97 Å². The van der Waals surface area contributed by atoms with E-state index in [0.717, 1.165) is 5.69 Å². The molecule has 1 heterocycles. The monoisotopic (exact) mass is 197 g/mol. The van der Waals surface area contributed by atoms with Crippen LogP contribution in [0.1, 0.15) is 12.6 Å². The highest BCUT2D eigenvalue weighted by Gasteiger charge is 2.16. The summed E-state index contributed by atoms with van der Waals surface area (Å²) in [5.41, 5.74) is 6.57. The number of nitrogens with two attached hydrogens (primary N) is 1. The van der Waals surface area contributed by atoms with Crippen molar-refractivity contribution < 1.29 is 9.53 Å². The van der Waals surface area contributed by atoms with E-state index in [1.807, 2.05) is 11.6 Å². The van der Waals surface area contributed by atoms with Crippen LogP contribution in [0.5, 0.6) is 0 Å². The number of aromatic nitrogens is 2. The Labute approximate surface area is 82.9 Å². The molecule has 1 aromatic heterocycles. The molecular formula is C9H15N3O2. The van der Waals surface area contributed by atoms with Crippen molar-refractivity contribution in [3.8, 4) is 0 Å². The van der Waals surface area contributed by atoms with E-state index in [0.29, 0.717) is 13.0 Å². The van der Waals surface area contributed by atoms with Gasteiger partial charge in [-0.05, 0) is 6.92 Å². The van der Waals surface area contributed by atoms with Gasteiger partial charge in [-0.25, -0.2) is 4.98 Å². The first-order chi connectivity index (χ1) is 6.65. The molecular weight excluding hydrogens is 182 g/mol. The van der Waals surface area contributed by atoms with Gasteiger partial charge in [-0.2, -0.15) is 0 Å². The Morgan fingerprint density at radius 2 is 2.50 bits per heavy atom. The number of carbonyl (C=O) groups excluding carboxylic acids is 1. The lowest BCUT2D eigenvalue weighted by atomic mass is 10.2. The number of aryl methyl sites for hydroxylation is 1. The van der Waals surface area contributed by atoms with E-state index in [9.17, 15) is 4.79 Å². The minimum Gasteiger partial charge on any atom is -0.465 e. The lowest BCUT2D eigenvalue weighted by molar-refractivity contribution is -0.144. The fraction of sp³-hybridized carbons (Fsp3) is 0.556. The van der Waals surface area contributed by atoms with Crippen molar-refractivity contribution in [2.45, 2.75) is 19.4 Å². The molecule has 0 aliphatic rings. The van der Waals surface area contributed by atoms with Gasteiger partial charge in [0.15, 0.2) is 0 Å². The Kier molecular flexibility index (Phi) is 3.64. The van der Waals surface area contributed by atoms with Crippen LogP contribution in [0.15, 0.2) is 12.5 Å². The fourth-order valence-corrected chi connectivity index (χ4v) is 1.14. The van der Waals surface area contributed by atoms with Gasteiger partial charge in [0, 0.05) is 25.4 Å². The lowest BCUT2D eigenvalue weighted by Crippen LogP contribution is -2.34. The van der Waals surface area contributed by atoms with Gasteiger partial charge in [0.05, 0.1) is 12.9 Å². The Hall–Kier alpha value is -1.36. The van der Waals surface area contributed by atoms with E-state index >= 15 is 0 Å². The van der Waals surface area contributed by atoms with Gasteiger partial charge in [-0.3, -0.25) is 4.79 Å². The van der Waals surface area contributed by atoms with Crippen molar-refractivity contribution in [3.63, 3.8) is 0 Å². The van der Waals surface area contributed by atoms with Crippen LogP contribution < -0.4 is 5.73 Å². The van der Waals surface area contributed by atoms with Crippen LogP contribution in [0, 0.1) is 0 Å². The van der Waals surface area contributed by atoms with Crippen LogP contribution in [0.2, 0.25) is 0 Å². The zero-order valence-electron chi connectivity index (χ0n) is 8.43. The van der Waals surface area contributed by atoms with Gasteiger partial charge in [-0.15, -0.1) is 0 Å². The third-order valence-corrected chi connectivity index (χ3v) is 1.93. The molecule has 0 fully saturated rings. The van der Waals surface area contributed by atoms with E-state index in [-0.39, 0.29) is 5.97 Å². The largest absolute Gasteiger partial charge is 0.465 e. The molecule has 5 heteroatoms.